The Morgan fingerprint density at radius 2 is 0.506 bits per heavy atom. The predicted molar refractivity (Wildman–Crippen MR) is 331 cm³/mol. The minimum absolute atomic E-state index is 0.103. The van der Waals surface area contributed by atoms with Crippen LogP contribution in [0.1, 0.15) is 306 Å². The molecule has 0 bridgehead atoms. The Morgan fingerprint density at radius 1 is 0.301 bits per heavy atom. The Morgan fingerprint density at radius 3 is 0.747 bits per heavy atom. The zero-order valence-electron chi connectivity index (χ0n) is 53.8. The molecule has 83 heavy (non-hydrogen) atoms. The molecular formula is C64H124O17P2. The fourth-order valence-corrected chi connectivity index (χ4v) is 11.0. The van der Waals surface area contributed by atoms with Crippen LogP contribution in [0.3, 0.4) is 0 Å². The van der Waals surface area contributed by atoms with Crippen LogP contribution in [0.5, 0.6) is 0 Å². The van der Waals surface area contributed by atoms with Gasteiger partial charge < -0.3 is 33.8 Å². The molecule has 0 aromatic carbocycles. The number of phosphoric ester groups is 2. The maximum Gasteiger partial charge on any atom is 0.472 e. The molecule has 0 rings (SSSR count). The van der Waals surface area contributed by atoms with Gasteiger partial charge in [0, 0.05) is 25.7 Å². The van der Waals surface area contributed by atoms with Crippen molar-refractivity contribution in [3.05, 3.63) is 0 Å². The van der Waals surface area contributed by atoms with E-state index in [2.05, 4.69) is 55.4 Å². The molecule has 17 nitrogen and oxygen atoms in total. The fourth-order valence-electron chi connectivity index (χ4n) is 9.43. The lowest BCUT2D eigenvalue weighted by Gasteiger charge is -2.21. The lowest BCUT2D eigenvalue weighted by molar-refractivity contribution is -0.161. The highest BCUT2D eigenvalue weighted by Gasteiger charge is 2.30. The van der Waals surface area contributed by atoms with E-state index in [4.69, 9.17) is 37.0 Å². The van der Waals surface area contributed by atoms with E-state index in [1.807, 2.05) is 0 Å². The molecular weight excluding hydrogens is 1100 g/mol. The van der Waals surface area contributed by atoms with Crippen LogP contribution in [-0.4, -0.2) is 96.7 Å². The van der Waals surface area contributed by atoms with E-state index in [0.29, 0.717) is 31.6 Å². The van der Waals surface area contributed by atoms with Crippen LogP contribution < -0.4 is 0 Å². The van der Waals surface area contributed by atoms with Crippen molar-refractivity contribution in [2.75, 3.05) is 39.6 Å². The fraction of sp³-hybridized carbons (Fsp3) is 0.938. The second-order valence-electron chi connectivity index (χ2n) is 25.1. The van der Waals surface area contributed by atoms with E-state index in [9.17, 15) is 43.2 Å². The number of aliphatic hydroxyl groups is 1. The summed E-state index contributed by atoms with van der Waals surface area (Å²) < 4.78 is 68.0. The molecule has 0 spiro atoms. The van der Waals surface area contributed by atoms with E-state index in [0.717, 1.165) is 114 Å². The summed E-state index contributed by atoms with van der Waals surface area (Å²) in [5.41, 5.74) is 0. The largest absolute Gasteiger partial charge is 0.472 e. The van der Waals surface area contributed by atoms with E-state index in [-0.39, 0.29) is 25.7 Å². The summed E-state index contributed by atoms with van der Waals surface area (Å²) in [5, 5.41) is 10.5. The minimum Gasteiger partial charge on any atom is -0.462 e. The van der Waals surface area contributed by atoms with Gasteiger partial charge in [0.25, 0.3) is 0 Å². The molecule has 0 saturated carbocycles. The lowest BCUT2D eigenvalue weighted by atomic mass is 10.0. The smallest absolute Gasteiger partial charge is 0.462 e. The van der Waals surface area contributed by atoms with Crippen molar-refractivity contribution in [2.24, 2.45) is 23.7 Å². The number of aliphatic hydroxyl groups excluding tert-OH is 1. The van der Waals surface area contributed by atoms with Gasteiger partial charge >= 0.3 is 39.5 Å². The number of hydrogen-bond acceptors (Lipinski definition) is 15. The average molecular weight is 1230 g/mol. The summed E-state index contributed by atoms with van der Waals surface area (Å²) in [4.78, 5) is 72.2. The standard InChI is InChI=1S/C64H124O17P2/c1-54(2)40-32-24-16-9-12-20-28-36-44-61(66)74-50-59(80-63(68)46-38-30-21-13-10-17-25-33-41-55(3)4)52-78-82(70,71)76-48-58(65)49-77-83(72,73)79-53-60(51-75-62(67)45-37-29-23-15-19-27-35-43-57(7)8)81-64(69)47-39-31-22-14-11-18-26-34-42-56(5)6/h54-60,65H,9-53H2,1-8H3,(H,70,71)(H,72,73)/t58?,59-,60-/m1/s1. The van der Waals surface area contributed by atoms with Crippen molar-refractivity contribution in [3.8, 4) is 0 Å². The van der Waals surface area contributed by atoms with E-state index < -0.39 is 97.5 Å². The molecule has 3 unspecified atom stereocenters. The first-order valence-corrected chi connectivity index (χ1v) is 36.2. The van der Waals surface area contributed by atoms with Crippen LogP contribution in [-0.2, 0) is 65.4 Å². The molecule has 0 radical (unpaired) electrons. The van der Waals surface area contributed by atoms with Crippen LogP contribution >= 0.6 is 15.6 Å². The normalized spacial score (nSPS) is 14.4. The highest BCUT2D eigenvalue weighted by atomic mass is 31.2. The Balaban J connectivity index is 5.26. The Kier molecular flexibility index (Phi) is 53.0. The number of carbonyl (C=O) groups excluding carboxylic acids is 4. The van der Waals surface area contributed by atoms with Gasteiger partial charge in [-0.25, -0.2) is 9.13 Å². The molecule has 0 fully saturated rings. The molecule has 0 aliphatic rings. The third kappa shape index (κ3) is 58.8. The summed E-state index contributed by atoms with van der Waals surface area (Å²) in [7, 11) is -9.89. The third-order valence-electron chi connectivity index (χ3n) is 14.6. The van der Waals surface area contributed by atoms with Crippen LogP contribution in [0, 0.1) is 23.7 Å². The molecule has 0 aromatic rings. The number of phosphoric acid groups is 2. The van der Waals surface area contributed by atoms with Crippen LogP contribution in [0.4, 0.5) is 0 Å². The summed E-state index contributed by atoms with van der Waals surface area (Å²) >= 11 is 0. The topological polar surface area (TPSA) is 237 Å². The molecule has 0 aliphatic heterocycles. The third-order valence-corrected chi connectivity index (χ3v) is 16.5. The molecule has 3 N–H and O–H groups in total. The monoisotopic (exact) mass is 1230 g/mol. The summed E-state index contributed by atoms with van der Waals surface area (Å²) in [6.45, 7) is 13.9. The Bertz CT molecular complexity index is 1660. The highest BCUT2D eigenvalue weighted by molar-refractivity contribution is 7.47. The number of rotatable bonds is 61. The van der Waals surface area contributed by atoms with Gasteiger partial charge in [0.05, 0.1) is 26.4 Å². The number of ether oxygens (including phenoxy) is 4. The minimum atomic E-state index is -4.94. The lowest BCUT2D eigenvalue weighted by Crippen LogP contribution is -2.30. The van der Waals surface area contributed by atoms with Crippen LogP contribution in [0.15, 0.2) is 0 Å². The average Bonchev–Trinajstić information content (AvgIpc) is 3.42. The van der Waals surface area contributed by atoms with Crippen molar-refractivity contribution < 1.29 is 80.2 Å². The highest BCUT2D eigenvalue weighted by Crippen LogP contribution is 2.45. The van der Waals surface area contributed by atoms with Gasteiger partial charge in [-0.15, -0.1) is 0 Å². The zero-order chi connectivity index (χ0) is 61.8. The zero-order valence-corrected chi connectivity index (χ0v) is 55.6. The first kappa shape index (κ1) is 81.1. The number of carbonyl (C=O) groups is 4. The quantitative estimate of drug-likeness (QED) is 0.0222. The van der Waals surface area contributed by atoms with Gasteiger partial charge in [0.15, 0.2) is 12.2 Å². The number of unbranched alkanes of at least 4 members (excludes halogenated alkanes) is 27. The molecule has 0 saturated heterocycles. The van der Waals surface area contributed by atoms with Crippen molar-refractivity contribution in [1.29, 1.82) is 0 Å². The van der Waals surface area contributed by atoms with Gasteiger partial charge in [-0.05, 0) is 49.4 Å². The molecule has 492 valence electrons. The van der Waals surface area contributed by atoms with Gasteiger partial charge in [-0.3, -0.25) is 37.3 Å². The first-order chi connectivity index (χ1) is 39.6. The van der Waals surface area contributed by atoms with Crippen molar-refractivity contribution in [3.63, 3.8) is 0 Å². The van der Waals surface area contributed by atoms with E-state index >= 15 is 0 Å². The molecule has 0 heterocycles. The molecule has 0 amide bonds. The van der Waals surface area contributed by atoms with Crippen LogP contribution in [0.2, 0.25) is 0 Å². The van der Waals surface area contributed by atoms with E-state index in [1.54, 1.807) is 0 Å². The second-order valence-corrected chi connectivity index (χ2v) is 28.0. The number of esters is 4. The van der Waals surface area contributed by atoms with Gasteiger partial charge in [-0.2, -0.15) is 0 Å². The van der Waals surface area contributed by atoms with Gasteiger partial charge in [0.2, 0.25) is 0 Å². The Hall–Kier alpha value is -1.94. The Labute approximate surface area is 505 Å². The predicted octanol–water partition coefficient (Wildman–Crippen LogP) is 17.4. The van der Waals surface area contributed by atoms with E-state index in [1.165, 1.54) is 103 Å². The summed E-state index contributed by atoms with van der Waals surface area (Å²) in [6, 6.07) is 0. The summed E-state index contributed by atoms with van der Waals surface area (Å²) in [6.07, 6.45) is 33.7. The second kappa shape index (κ2) is 54.2. The molecule has 5 atom stereocenters. The SMILES string of the molecule is CC(C)CCCCCCCCCCC(=O)OC[C@H](COP(=O)(O)OCC(O)COP(=O)(O)OC[C@@H](COC(=O)CCCCCCCCCC(C)C)OC(=O)CCCCCCCCCCC(C)C)OC(=O)CCCCCCCCCCC(C)C. The van der Waals surface area contributed by atoms with Crippen molar-refractivity contribution in [2.45, 2.75) is 324 Å². The molecule has 0 aliphatic carbocycles. The van der Waals surface area contributed by atoms with Crippen molar-refractivity contribution >= 4 is 39.5 Å². The number of hydrogen-bond donors (Lipinski definition) is 3. The van der Waals surface area contributed by atoms with Gasteiger partial charge in [0.1, 0.15) is 19.3 Å². The maximum absolute atomic E-state index is 13.0. The van der Waals surface area contributed by atoms with Crippen LogP contribution in [0.25, 0.3) is 0 Å². The first-order valence-electron chi connectivity index (χ1n) is 33.2. The van der Waals surface area contributed by atoms with Gasteiger partial charge in [-0.1, -0.05) is 254 Å². The maximum atomic E-state index is 13.0. The summed E-state index contributed by atoms with van der Waals surface area (Å²) in [5.74, 6) is 0.726. The van der Waals surface area contributed by atoms with Crippen molar-refractivity contribution in [1.82, 2.24) is 0 Å². The molecule has 0 aromatic heterocycles. The molecule has 19 heteroatoms.